The van der Waals surface area contributed by atoms with E-state index in [-0.39, 0.29) is 42.0 Å². The van der Waals surface area contributed by atoms with Crippen molar-refractivity contribution >= 4 is 24.8 Å². The molecular weight excluding hydrogens is 209 g/mol. The smallest absolute Gasteiger partial charge is 0.0717 e. The Bertz CT molecular complexity index is 160. The minimum absolute atomic E-state index is 0. The Hall–Kier alpha value is 0.500. The van der Waals surface area contributed by atoms with Crippen molar-refractivity contribution in [2.45, 2.75) is 57.7 Å². The number of aliphatic hydroxyl groups is 1. The summed E-state index contributed by atoms with van der Waals surface area (Å²) in [6.07, 6.45) is 1.76. The van der Waals surface area contributed by atoms with Crippen molar-refractivity contribution in [2.24, 2.45) is 0 Å². The van der Waals surface area contributed by atoms with Gasteiger partial charge in [0.15, 0.2) is 0 Å². The molecule has 13 heavy (non-hydrogen) atoms. The van der Waals surface area contributed by atoms with E-state index in [4.69, 9.17) is 0 Å². The number of hydrogen-bond donors (Lipinski definition) is 2. The lowest BCUT2D eigenvalue weighted by atomic mass is 9.81. The van der Waals surface area contributed by atoms with Crippen molar-refractivity contribution in [1.82, 2.24) is 5.32 Å². The second-order valence-electron chi connectivity index (χ2n) is 4.79. The lowest BCUT2D eigenvalue weighted by Crippen LogP contribution is -2.62. The molecule has 1 aliphatic rings. The summed E-state index contributed by atoms with van der Waals surface area (Å²) in [7, 11) is 0. The highest BCUT2D eigenvalue weighted by molar-refractivity contribution is 5.85. The van der Waals surface area contributed by atoms with Gasteiger partial charge in [-0.05, 0) is 40.5 Å². The van der Waals surface area contributed by atoms with Crippen LogP contribution in [0, 0.1) is 0 Å². The number of aliphatic hydroxyl groups excluding tert-OH is 1. The van der Waals surface area contributed by atoms with E-state index < -0.39 is 0 Å². The van der Waals surface area contributed by atoms with Gasteiger partial charge in [-0.1, -0.05) is 0 Å². The largest absolute Gasteiger partial charge is 0.391 e. The predicted molar refractivity (Wildman–Crippen MR) is 61.0 cm³/mol. The quantitative estimate of drug-likeness (QED) is 0.668. The third kappa shape index (κ3) is 4.03. The average Bonchev–Trinajstić information content (AvgIpc) is 1.77. The van der Waals surface area contributed by atoms with Crippen LogP contribution in [0.4, 0.5) is 0 Å². The summed E-state index contributed by atoms with van der Waals surface area (Å²) >= 11 is 0. The van der Waals surface area contributed by atoms with E-state index in [1.165, 1.54) is 0 Å². The molecule has 2 nitrogen and oxygen atoms in total. The zero-order valence-corrected chi connectivity index (χ0v) is 10.4. The molecule has 0 bridgehead atoms. The van der Waals surface area contributed by atoms with Crippen molar-refractivity contribution in [1.29, 1.82) is 0 Å². The van der Waals surface area contributed by atoms with Crippen LogP contribution in [0.3, 0.4) is 0 Å². The van der Waals surface area contributed by atoms with Gasteiger partial charge in [0, 0.05) is 11.1 Å². The maximum atomic E-state index is 9.61. The minimum atomic E-state index is -0.199. The molecule has 0 radical (unpaired) electrons. The minimum Gasteiger partial charge on any atom is -0.391 e. The third-order valence-electron chi connectivity index (χ3n) is 2.54. The van der Waals surface area contributed by atoms with E-state index in [9.17, 15) is 5.11 Å². The SMILES string of the molecule is CC1(C)CCC(O)C(C)(C)N1.Cl.Cl. The number of piperidine rings is 1. The van der Waals surface area contributed by atoms with Crippen molar-refractivity contribution in [3.05, 3.63) is 0 Å². The molecule has 0 amide bonds. The average molecular weight is 230 g/mol. The normalized spacial score (nSPS) is 29.8. The van der Waals surface area contributed by atoms with Gasteiger partial charge in [0.25, 0.3) is 0 Å². The Morgan fingerprint density at radius 2 is 1.62 bits per heavy atom. The van der Waals surface area contributed by atoms with Crippen LogP contribution < -0.4 is 5.32 Å². The molecule has 0 aliphatic carbocycles. The Kier molecular flexibility index (Phi) is 5.93. The van der Waals surface area contributed by atoms with E-state index in [2.05, 4.69) is 33.0 Å². The van der Waals surface area contributed by atoms with Gasteiger partial charge in [-0.25, -0.2) is 0 Å². The molecule has 1 aliphatic heterocycles. The molecule has 0 aromatic carbocycles. The van der Waals surface area contributed by atoms with E-state index in [1.54, 1.807) is 0 Å². The summed E-state index contributed by atoms with van der Waals surface area (Å²) in [5.41, 5.74) is 0.0600. The molecule has 0 aromatic heterocycles. The lowest BCUT2D eigenvalue weighted by Gasteiger charge is -2.45. The number of nitrogens with one attached hydrogen (secondary N) is 1. The monoisotopic (exact) mass is 229 g/mol. The molecule has 1 heterocycles. The van der Waals surface area contributed by atoms with Crippen LogP contribution in [0.15, 0.2) is 0 Å². The molecule has 1 saturated heterocycles. The van der Waals surface area contributed by atoms with Gasteiger partial charge in [0.05, 0.1) is 6.10 Å². The van der Waals surface area contributed by atoms with Gasteiger partial charge >= 0.3 is 0 Å². The molecule has 1 rings (SSSR count). The zero-order valence-electron chi connectivity index (χ0n) is 8.76. The van der Waals surface area contributed by atoms with Crippen molar-refractivity contribution < 1.29 is 5.11 Å². The molecule has 1 unspecified atom stereocenters. The highest BCUT2D eigenvalue weighted by Gasteiger charge is 2.38. The summed E-state index contributed by atoms with van der Waals surface area (Å²) in [4.78, 5) is 0. The van der Waals surface area contributed by atoms with Crippen LogP contribution in [0.1, 0.15) is 40.5 Å². The second-order valence-corrected chi connectivity index (χ2v) is 4.79. The van der Waals surface area contributed by atoms with Crippen LogP contribution in [0.2, 0.25) is 0 Å². The fourth-order valence-electron chi connectivity index (χ4n) is 1.88. The van der Waals surface area contributed by atoms with Crippen LogP contribution in [0.5, 0.6) is 0 Å². The predicted octanol–water partition coefficient (Wildman–Crippen LogP) is 2.13. The molecule has 82 valence electrons. The van der Waals surface area contributed by atoms with E-state index in [0.717, 1.165) is 12.8 Å². The Labute approximate surface area is 93.3 Å². The summed E-state index contributed by atoms with van der Waals surface area (Å²) in [6.45, 7) is 8.47. The molecule has 1 fully saturated rings. The first kappa shape index (κ1) is 15.9. The maximum absolute atomic E-state index is 9.61. The van der Waals surface area contributed by atoms with Crippen LogP contribution in [0.25, 0.3) is 0 Å². The zero-order chi connectivity index (χ0) is 8.70. The van der Waals surface area contributed by atoms with Crippen molar-refractivity contribution in [2.75, 3.05) is 0 Å². The number of hydrogen-bond acceptors (Lipinski definition) is 2. The maximum Gasteiger partial charge on any atom is 0.0717 e. The second kappa shape index (κ2) is 4.83. The molecule has 1 atom stereocenters. The molecular formula is C9H21Cl2NO. The van der Waals surface area contributed by atoms with Gasteiger partial charge in [0.2, 0.25) is 0 Å². The highest BCUT2D eigenvalue weighted by atomic mass is 35.5. The van der Waals surface area contributed by atoms with Gasteiger partial charge in [-0.15, -0.1) is 24.8 Å². The Morgan fingerprint density at radius 3 is 1.92 bits per heavy atom. The fourth-order valence-corrected chi connectivity index (χ4v) is 1.88. The van der Waals surface area contributed by atoms with E-state index in [0.29, 0.717) is 0 Å². The van der Waals surface area contributed by atoms with Gasteiger partial charge < -0.3 is 10.4 Å². The summed E-state index contributed by atoms with van der Waals surface area (Å²) in [5.74, 6) is 0. The van der Waals surface area contributed by atoms with Gasteiger partial charge in [0.1, 0.15) is 0 Å². The highest BCUT2D eigenvalue weighted by Crippen LogP contribution is 2.28. The summed E-state index contributed by atoms with van der Waals surface area (Å²) in [6, 6.07) is 0. The lowest BCUT2D eigenvalue weighted by molar-refractivity contribution is 0.0141. The van der Waals surface area contributed by atoms with Gasteiger partial charge in [-0.3, -0.25) is 0 Å². The molecule has 4 heteroatoms. The molecule has 2 N–H and O–H groups in total. The first-order chi connectivity index (χ1) is 4.83. The van der Waals surface area contributed by atoms with Crippen molar-refractivity contribution in [3.8, 4) is 0 Å². The fraction of sp³-hybridized carbons (Fsp3) is 1.00. The van der Waals surface area contributed by atoms with Gasteiger partial charge in [-0.2, -0.15) is 0 Å². The van der Waals surface area contributed by atoms with Crippen LogP contribution in [-0.2, 0) is 0 Å². The van der Waals surface area contributed by atoms with E-state index in [1.807, 2.05) is 0 Å². The standard InChI is InChI=1S/C9H19NO.2ClH/c1-8(2)6-5-7(11)9(3,4)10-8;;/h7,10-11H,5-6H2,1-4H3;2*1H. The molecule has 0 saturated carbocycles. The Balaban J connectivity index is 0. The molecule has 0 aromatic rings. The van der Waals surface area contributed by atoms with Crippen LogP contribution in [-0.4, -0.2) is 22.3 Å². The summed E-state index contributed by atoms with van der Waals surface area (Å²) < 4.78 is 0. The topological polar surface area (TPSA) is 32.3 Å². The first-order valence-corrected chi connectivity index (χ1v) is 4.31. The number of rotatable bonds is 0. The number of halogens is 2. The van der Waals surface area contributed by atoms with Crippen molar-refractivity contribution in [3.63, 3.8) is 0 Å². The Morgan fingerprint density at radius 1 is 1.15 bits per heavy atom. The van der Waals surface area contributed by atoms with Crippen LogP contribution >= 0.6 is 24.8 Å². The summed E-state index contributed by atoms with van der Waals surface area (Å²) in [5, 5.41) is 13.0. The third-order valence-corrected chi connectivity index (χ3v) is 2.54. The first-order valence-electron chi connectivity index (χ1n) is 4.31. The van der Waals surface area contributed by atoms with E-state index >= 15 is 0 Å². The molecule has 0 spiro atoms.